The third-order valence-electron chi connectivity index (χ3n) is 6.80. The Labute approximate surface area is 248 Å². The fourth-order valence-electron chi connectivity index (χ4n) is 4.70. The third kappa shape index (κ3) is 7.72. The smallest absolute Gasteiger partial charge is 0.315 e. The number of ether oxygens (including phenoxy) is 2. The summed E-state index contributed by atoms with van der Waals surface area (Å²) in [5.74, 6) is 0.740. The molecule has 0 spiro atoms. The van der Waals surface area contributed by atoms with Crippen molar-refractivity contribution in [2.45, 2.75) is 56.3 Å². The van der Waals surface area contributed by atoms with Crippen molar-refractivity contribution in [2.24, 2.45) is 0 Å². The maximum Gasteiger partial charge on any atom is 0.315 e. The summed E-state index contributed by atoms with van der Waals surface area (Å²) in [5, 5.41) is 24.5. The molecule has 10 heteroatoms. The van der Waals surface area contributed by atoms with Gasteiger partial charge in [0, 0.05) is 30.8 Å². The number of nitrogens with zero attached hydrogens (tertiary/aromatic N) is 2. The molecule has 0 saturated carbocycles. The number of thioether (sulfide) groups is 1. The summed E-state index contributed by atoms with van der Waals surface area (Å²) < 4.78 is 13.9. The van der Waals surface area contributed by atoms with Crippen LogP contribution >= 0.6 is 23.1 Å². The summed E-state index contributed by atoms with van der Waals surface area (Å²) in [5.41, 5.74) is 6.00. The first kappa shape index (κ1) is 29.2. The number of aromatic nitrogens is 2. The normalized spacial score (nSPS) is 18.7. The molecule has 214 valence electrons. The Bertz CT molecular complexity index is 1430. The monoisotopic (exact) mass is 590 g/mol. The van der Waals surface area contributed by atoms with Crippen LogP contribution in [0.5, 0.6) is 0 Å². The fraction of sp³-hybridized carbons (Fsp3) is 0.323. The summed E-state index contributed by atoms with van der Waals surface area (Å²) in [4.78, 5) is 11.9. The fourth-order valence-corrected chi connectivity index (χ4v) is 6.56. The molecule has 1 aromatic heterocycles. The lowest BCUT2D eigenvalue weighted by Gasteiger charge is -2.36. The first-order valence-corrected chi connectivity index (χ1v) is 15.5. The van der Waals surface area contributed by atoms with E-state index in [4.69, 9.17) is 9.47 Å². The van der Waals surface area contributed by atoms with Crippen LogP contribution < -0.4 is 10.6 Å². The SMILES string of the molecule is CCNC(=O)NCc1ccccc1-c1ccc([C@H]2O[C@@H](CSc3nnc(C)s3)C[C@@H](c3ccc(CO)cc3)O2)cc1. The Morgan fingerprint density at radius 2 is 1.76 bits per heavy atom. The largest absolute Gasteiger partial charge is 0.392 e. The molecule has 5 rings (SSSR count). The zero-order valence-electron chi connectivity index (χ0n) is 23.1. The van der Waals surface area contributed by atoms with E-state index in [9.17, 15) is 9.90 Å². The predicted molar refractivity (Wildman–Crippen MR) is 162 cm³/mol. The van der Waals surface area contributed by atoms with Gasteiger partial charge in [0.15, 0.2) is 10.6 Å². The molecule has 0 unspecified atom stereocenters. The summed E-state index contributed by atoms with van der Waals surface area (Å²) in [7, 11) is 0. The average Bonchev–Trinajstić information content (AvgIpc) is 3.44. The van der Waals surface area contributed by atoms with Crippen LogP contribution in [0.1, 0.15) is 53.0 Å². The number of aryl methyl sites for hydroxylation is 1. The van der Waals surface area contributed by atoms with E-state index in [0.717, 1.165) is 48.5 Å². The van der Waals surface area contributed by atoms with Crippen LogP contribution in [0.15, 0.2) is 77.1 Å². The molecular formula is C31H34N4O4S2. The maximum absolute atomic E-state index is 11.9. The molecule has 2 amide bonds. The van der Waals surface area contributed by atoms with Gasteiger partial charge in [0.05, 0.1) is 18.8 Å². The second kappa shape index (κ2) is 14.1. The van der Waals surface area contributed by atoms with Gasteiger partial charge in [-0.15, -0.1) is 10.2 Å². The van der Waals surface area contributed by atoms with E-state index in [2.05, 4.69) is 39.0 Å². The molecule has 4 aromatic rings. The predicted octanol–water partition coefficient (Wildman–Crippen LogP) is 6.16. The van der Waals surface area contributed by atoms with Crippen molar-refractivity contribution in [3.05, 3.63) is 100 Å². The van der Waals surface area contributed by atoms with Gasteiger partial charge in [0.2, 0.25) is 0 Å². The molecule has 8 nitrogen and oxygen atoms in total. The quantitative estimate of drug-likeness (QED) is 0.190. The second-order valence-corrected chi connectivity index (χ2v) is 12.2. The Morgan fingerprint density at radius 1 is 1.00 bits per heavy atom. The van der Waals surface area contributed by atoms with Crippen LogP contribution in [0.25, 0.3) is 11.1 Å². The lowest BCUT2D eigenvalue weighted by atomic mass is 9.98. The molecule has 0 aliphatic carbocycles. The second-order valence-electron chi connectivity index (χ2n) is 9.74. The lowest BCUT2D eigenvalue weighted by molar-refractivity contribution is -0.245. The molecule has 1 fully saturated rings. The molecule has 1 aliphatic heterocycles. The highest BCUT2D eigenvalue weighted by Gasteiger charge is 2.32. The van der Waals surface area contributed by atoms with Crippen LogP contribution in [0, 0.1) is 6.92 Å². The molecule has 41 heavy (non-hydrogen) atoms. The van der Waals surface area contributed by atoms with E-state index in [0.29, 0.717) is 19.5 Å². The Hall–Kier alpha value is -3.28. The van der Waals surface area contributed by atoms with Crippen molar-refractivity contribution >= 4 is 29.1 Å². The van der Waals surface area contributed by atoms with E-state index in [1.807, 2.05) is 68.4 Å². The van der Waals surface area contributed by atoms with E-state index < -0.39 is 6.29 Å². The topological polar surface area (TPSA) is 106 Å². The van der Waals surface area contributed by atoms with E-state index in [1.165, 1.54) is 0 Å². The highest BCUT2D eigenvalue weighted by Crippen LogP contribution is 2.40. The number of carbonyl (C=O) groups is 1. The summed E-state index contributed by atoms with van der Waals surface area (Å²) in [6.07, 6.45) is -0.0176. The average molecular weight is 591 g/mol. The van der Waals surface area contributed by atoms with Crippen molar-refractivity contribution in [2.75, 3.05) is 12.3 Å². The van der Waals surface area contributed by atoms with Gasteiger partial charge in [-0.3, -0.25) is 0 Å². The van der Waals surface area contributed by atoms with E-state index in [1.54, 1.807) is 23.1 Å². The van der Waals surface area contributed by atoms with Crippen LogP contribution in [-0.2, 0) is 22.6 Å². The Morgan fingerprint density at radius 3 is 2.46 bits per heavy atom. The van der Waals surface area contributed by atoms with Gasteiger partial charge in [-0.05, 0) is 41.7 Å². The van der Waals surface area contributed by atoms with Gasteiger partial charge in [0.25, 0.3) is 0 Å². The molecule has 1 saturated heterocycles. The summed E-state index contributed by atoms with van der Waals surface area (Å²) >= 11 is 3.24. The molecule has 1 aliphatic rings. The first-order chi connectivity index (χ1) is 20.0. The van der Waals surface area contributed by atoms with Crippen LogP contribution in [0.3, 0.4) is 0 Å². The number of nitrogens with one attached hydrogen (secondary N) is 2. The van der Waals surface area contributed by atoms with Gasteiger partial charge in [-0.25, -0.2) is 4.79 Å². The molecular weight excluding hydrogens is 556 g/mol. The minimum Gasteiger partial charge on any atom is -0.392 e. The third-order valence-corrected chi connectivity index (χ3v) is 8.91. The number of rotatable bonds is 10. The van der Waals surface area contributed by atoms with Crippen molar-refractivity contribution in [1.82, 2.24) is 20.8 Å². The van der Waals surface area contributed by atoms with E-state index in [-0.39, 0.29) is 24.8 Å². The first-order valence-electron chi connectivity index (χ1n) is 13.7. The molecule has 2 heterocycles. The highest BCUT2D eigenvalue weighted by atomic mass is 32.2. The van der Waals surface area contributed by atoms with Crippen molar-refractivity contribution in [1.29, 1.82) is 0 Å². The standard InChI is InChI=1S/C31H34N4O4S2/c1-3-32-30(37)33-17-25-6-4-5-7-27(25)22-12-14-24(15-13-22)29-38-26(19-40-31-35-34-20(2)41-31)16-28(39-29)23-10-8-21(18-36)9-11-23/h4-15,26,28-29,36H,3,16-19H2,1-2H3,(H2,32,33,37)/t26-,28+,29+/m1/s1. The Balaban J connectivity index is 1.33. The van der Waals surface area contributed by atoms with Gasteiger partial charge >= 0.3 is 6.03 Å². The molecule has 0 bridgehead atoms. The van der Waals surface area contributed by atoms with Gasteiger partial charge in [-0.2, -0.15) is 0 Å². The van der Waals surface area contributed by atoms with Crippen LogP contribution in [0.2, 0.25) is 0 Å². The van der Waals surface area contributed by atoms with Crippen LogP contribution in [0.4, 0.5) is 4.79 Å². The number of benzene rings is 3. The minimum absolute atomic E-state index is 0.00947. The number of hydrogen-bond donors (Lipinski definition) is 3. The zero-order valence-corrected chi connectivity index (χ0v) is 24.7. The summed E-state index contributed by atoms with van der Waals surface area (Å²) in [6.45, 7) is 4.87. The van der Waals surface area contributed by atoms with E-state index >= 15 is 0 Å². The van der Waals surface area contributed by atoms with Gasteiger partial charge < -0.3 is 25.2 Å². The highest BCUT2D eigenvalue weighted by molar-refractivity contribution is 8.01. The minimum atomic E-state index is -0.531. The number of hydrogen-bond acceptors (Lipinski definition) is 8. The van der Waals surface area contributed by atoms with Crippen molar-refractivity contribution < 1.29 is 19.4 Å². The van der Waals surface area contributed by atoms with Gasteiger partial charge in [-0.1, -0.05) is 95.9 Å². The Kier molecular flexibility index (Phi) is 10.0. The van der Waals surface area contributed by atoms with Gasteiger partial charge in [0.1, 0.15) is 5.01 Å². The molecule has 0 radical (unpaired) electrons. The number of aliphatic hydroxyl groups excluding tert-OH is 1. The molecule has 3 aromatic carbocycles. The number of urea groups is 1. The summed E-state index contributed by atoms with van der Waals surface area (Å²) in [6, 6.07) is 24.0. The molecule has 3 atom stereocenters. The van der Waals surface area contributed by atoms with Crippen molar-refractivity contribution in [3.63, 3.8) is 0 Å². The number of aliphatic hydroxyl groups is 1. The number of amides is 2. The van der Waals surface area contributed by atoms with Crippen LogP contribution in [-0.4, -0.2) is 39.7 Å². The van der Waals surface area contributed by atoms with Crippen molar-refractivity contribution in [3.8, 4) is 11.1 Å². The lowest BCUT2D eigenvalue weighted by Crippen LogP contribution is -2.34. The maximum atomic E-state index is 11.9. The number of carbonyl (C=O) groups excluding carboxylic acids is 1. The molecule has 3 N–H and O–H groups in total. The zero-order chi connectivity index (χ0) is 28.6.